The molecule has 0 spiro atoms. The molecule has 14 heavy (non-hydrogen) atoms. The first-order chi connectivity index (χ1) is 6.47. The quantitative estimate of drug-likeness (QED) is 0.544. The molecule has 1 aromatic rings. The van der Waals surface area contributed by atoms with Gasteiger partial charge < -0.3 is 0 Å². The van der Waals surface area contributed by atoms with Crippen molar-refractivity contribution in [2.24, 2.45) is 0 Å². The molecule has 0 amide bonds. The van der Waals surface area contributed by atoms with Crippen molar-refractivity contribution in [2.45, 2.75) is 18.9 Å². The van der Waals surface area contributed by atoms with Crippen molar-refractivity contribution < 1.29 is 0 Å². The van der Waals surface area contributed by atoms with Crippen LogP contribution in [0.1, 0.15) is 12.0 Å². The van der Waals surface area contributed by atoms with Gasteiger partial charge in [-0.1, -0.05) is 23.7 Å². The van der Waals surface area contributed by atoms with Crippen LogP contribution in [0.15, 0.2) is 24.3 Å². The number of benzene rings is 1. The van der Waals surface area contributed by atoms with Crippen molar-refractivity contribution >= 4 is 50.8 Å². The van der Waals surface area contributed by atoms with Crippen LogP contribution in [0, 0.1) is 0 Å². The molecule has 0 radical (unpaired) electrons. The minimum atomic E-state index is -2.44. The summed E-state index contributed by atoms with van der Waals surface area (Å²) in [7, 11) is 0. The summed E-state index contributed by atoms with van der Waals surface area (Å²) < 4.78 is 0. The maximum absolute atomic E-state index is 5.84. The Morgan fingerprint density at radius 1 is 1.14 bits per heavy atom. The Balaban J connectivity index is 2.39. The molecule has 0 saturated heterocycles. The first kappa shape index (κ1) is 12.7. The van der Waals surface area contributed by atoms with Gasteiger partial charge in [-0.15, -0.1) is 33.2 Å². The van der Waals surface area contributed by atoms with Crippen LogP contribution in [0.25, 0.3) is 0 Å². The smallest absolute Gasteiger partial charge is 0.126 e. The highest BCUT2D eigenvalue weighted by molar-refractivity contribution is 7.64. The lowest BCUT2D eigenvalue weighted by atomic mass is 10.1. The van der Waals surface area contributed by atoms with Gasteiger partial charge in [-0.2, -0.15) is 0 Å². The molecular weight excluding hydrogens is 278 g/mol. The Kier molecular flexibility index (Phi) is 5.08. The van der Waals surface area contributed by atoms with E-state index in [4.69, 9.17) is 44.8 Å². The number of hydrogen-bond donors (Lipinski definition) is 0. The molecule has 0 aliphatic heterocycles. The predicted molar refractivity (Wildman–Crippen MR) is 67.9 cm³/mol. The topological polar surface area (TPSA) is 0 Å². The summed E-state index contributed by atoms with van der Waals surface area (Å²) in [5, 5.41) is 0.758. The Bertz CT molecular complexity index is 295. The van der Waals surface area contributed by atoms with Gasteiger partial charge in [0.25, 0.3) is 0 Å². The maximum Gasteiger partial charge on any atom is 0.341 e. The summed E-state index contributed by atoms with van der Waals surface area (Å²) in [6.45, 7) is 0. The molecule has 78 valence electrons. The van der Waals surface area contributed by atoms with E-state index in [0.29, 0.717) is 6.04 Å². The number of hydrogen-bond acceptors (Lipinski definition) is 0. The maximum atomic E-state index is 5.84. The predicted octanol–water partition coefficient (Wildman–Crippen LogP) is 4.93. The highest BCUT2D eigenvalue weighted by Gasteiger charge is 2.23. The van der Waals surface area contributed by atoms with Crippen molar-refractivity contribution in [2.75, 3.05) is 0 Å². The number of aryl methyl sites for hydroxylation is 1. The van der Waals surface area contributed by atoms with Gasteiger partial charge in [0.1, 0.15) is 0 Å². The minimum Gasteiger partial charge on any atom is -0.126 e. The normalized spacial score (nSPS) is 11.7. The molecule has 0 fully saturated rings. The van der Waals surface area contributed by atoms with Crippen LogP contribution in [0.5, 0.6) is 0 Å². The van der Waals surface area contributed by atoms with Crippen molar-refractivity contribution in [1.82, 2.24) is 0 Å². The zero-order valence-electron chi connectivity index (χ0n) is 7.44. The van der Waals surface area contributed by atoms with E-state index in [2.05, 4.69) is 0 Å². The van der Waals surface area contributed by atoms with E-state index in [1.54, 1.807) is 0 Å². The fourth-order valence-corrected chi connectivity index (χ4v) is 3.18. The standard InChI is InChI=1S/C9H10Cl4Si/c10-9-5-1-3-8(7-9)4-2-6-14(11,12)13/h1,3,5,7H,2,4,6H2. The van der Waals surface area contributed by atoms with Crippen LogP contribution >= 0.6 is 44.8 Å². The van der Waals surface area contributed by atoms with Crippen molar-refractivity contribution in [3.8, 4) is 0 Å². The summed E-state index contributed by atoms with van der Waals surface area (Å²) in [5.41, 5.74) is 1.20. The van der Waals surface area contributed by atoms with E-state index >= 15 is 0 Å². The van der Waals surface area contributed by atoms with Gasteiger partial charge in [-0.25, -0.2) is 0 Å². The second kappa shape index (κ2) is 5.62. The highest BCUT2D eigenvalue weighted by Crippen LogP contribution is 2.27. The molecule has 0 aliphatic carbocycles. The number of rotatable bonds is 4. The van der Waals surface area contributed by atoms with Gasteiger partial charge >= 0.3 is 6.00 Å². The van der Waals surface area contributed by atoms with Crippen molar-refractivity contribution in [1.29, 1.82) is 0 Å². The molecule has 0 bridgehead atoms. The van der Waals surface area contributed by atoms with E-state index in [1.165, 1.54) is 5.56 Å². The van der Waals surface area contributed by atoms with Crippen LogP contribution in [-0.4, -0.2) is 6.00 Å². The summed E-state index contributed by atoms with van der Waals surface area (Å²) in [6.07, 6.45) is 1.82. The Hall–Kier alpha value is 0.597. The van der Waals surface area contributed by atoms with Gasteiger partial charge in [0.15, 0.2) is 0 Å². The Morgan fingerprint density at radius 3 is 2.43 bits per heavy atom. The lowest BCUT2D eigenvalue weighted by molar-refractivity contribution is 0.915. The number of halogens is 4. The van der Waals surface area contributed by atoms with Crippen LogP contribution in [-0.2, 0) is 6.42 Å². The average molecular weight is 288 g/mol. The highest BCUT2D eigenvalue weighted by atomic mass is 35.8. The Morgan fingerprint density at radius 2 is 1.86 bits per heavy atom. The van der Waals surface area contributed by atoms with Gasteiger partial charge in [0, 0.05) is 5.02 Å². The summed E-state index contributed by atoms with van der Waals surface area (Å²) in [6, 6.07) is 6.03. The van der Waals surface area contributed by atoms with E-state index < -0.39 is 6.00 Å². The second-order valence-electron chi connectivity index (χ2n) is 3.10. The molecule has 0 N–H and O–H groups in total. The first-order valence-corrected chi connectivity index (χ1v) is 9.91. The van der Waals surface area contributed by atoms with Gasteiger partial charge in [-0.05, 0) is 36.6 Å². The van der Waals surface area contributed by atoms with E-state index in [0.717, 1.165) is 17.9 Å². The monoisotopic (exact) mass is 286 g/mol. The van der Waals surface area contributed by atoms with Gasteiger partial charge in [0.2, 0.25) is 0 Å². The zero-order valence-corrected chi connectivity index (χ0v) is 11.5. The first-order valence-electron chi connectivity index (χ1n) is 4.28. The third kappa shape index (κ3) is 5.47. The molecular formula is C9H10Cl4Si. The zero-order chi connectivity index (χ0) is 10.6. The molecule has 1 rings (SSSR count). The average Bonchev–Trinajstić information content (AvgIpc) is 2.01. The molecule has 1 aromatic carbocycles. The fourth-order valence-electron chi connectivity index (χ4n) is 1.19. The van der Waals surface area contributed by atoms with Gasteiger partial charge in [-0.3, -0.25) is 0 Å². The minimum absolute atomic E-state index is 0.699. The SMILES string of the molecule is Clc1cccc(CCC[Si](Cl)(Cl)Cl)c1. The van der Waals surface area contributed by atoms with Crippen LogP contribution in [0.2, 0.25) is 11.1 Å². The molecule has 0 aliphatic rings. The van der Waals surface area contributed by atoms with Crippen LogP contribution < -0.4 is 0 Å². The third-order valence-corrected chi connectivity index (χ3v) is 4.67. The fraction of sp³-hybridized carbons (Fsp3) is 0.333. The molecule has 0 heterocycles. The van der Waals surface area contributed by atoms with Crippen molar-refractivity contribution in [3.05, 3.63) is 34.9 Å². The van der Waals surface area contributed by atoms with E-state index in [1.807, 2.05) is 24.3 Å². The second-order valence-corrected chi connectivity index (χ2v) is 12.8. The summed E-state index contributed by atoms with van der Waals surface area (Å²) in [5.74, 6) is 0. The van der Waals surface area contributed by atoms with E-state index in [9.17, 15) is 0 Å². The van der Waals surface area contributed by atoms with Crippen LogP contribution in [0.3, 0.4) is 0 Å². The molecule has 0 unspecified atom stereocenters. The van der Waals surface area contributed by atoms with Crippen LogP contribution in [0.4, 0.5) is 0 Å². The van der Waals surface area contributed by atoms with E-state index in [-0.39, 0.29) is 0 Å². The molecule has 5 heteroatoms. The lowest BCUT2D eigenvalue weighted by Crippen LogP contribution is -2.08. The molecule has 0 saturated carbocycles. The molecule has 0 aromatic heterocycles. The Labute approximate surface area is 104 Å². The van der Waals surface area contributed by atoms with Gasteiger partial charge in [0.05, 0.1) is 0 Å². The largest absolute Gasteiger partial charge is 0.341 e. The molecule has 0 atom stereocenters. The third-order valence-electron chi connectivity index (χ3n) is 1.81. The molecule has 0 nitrogen and oxygen atoms in total. The summed E-state index contributed by atoms with van der Waals surface area (Å²) in [4.78, 5) is 0. The van der Waals surface area contributed by atoms with Crippen molar-refractivity contribution in [3.63, 3.8) is 0 Å². The summed E-state index contributed by atoms with van der Waals surface area (Å²) >= 11 is 23.2. The lowest BCUT2D eigenvalue weighted by Gasteiger charge is -2.07.